The van der Waals surface area contributed by atoms with Crippen molar-refractivity contribution < 1.29 is 4.74 Å². The van der Waals surface area contributed by atoms with Crippen molar-refractivity contribution in [3.8, 4) is 5.69 Å². The molecule has 0 aliphatic carbocycles. The third kappa shape index (κ3) is 5.36. The molecule has 8 nitrogen and oxygen atoms in total. The second kappa shape index (κ2) is 11.5. The smallest absolute Gasteiger partial charge is 0.157 e. The molecule has 2 aliphatic rings. The molecule has 154 valence electrons. The molecule has 1 fully saturated rings. The lowest BCUT2D eigenvalue weighted by Gasteiger charge is -2.33. The third-order valence-corrected chi connectivity index (χ3v) is 4.74. The molecule has 1 unspecified atom stereocenters. The SMILES string of the molecule is C=C.CCCCCCN.Cc1ncc2c(n1)N(C1CCOC1)Cc1nncn1-2. The Morgan fingerprint density at radius 3 is 2.79 bits per heavy atom. The highest BCUT2D eigenvalue weighted by Gasteiger charge is 2.32. The number of rotatable bonds is 5. The monoisotopic (exact) mass is 387 g/mol. The molecule has 2 aromatic heterocycles. The molecule has 4 heterocycles. The van der Waals surface area contributed by atoms with Gasteiger partial charge >= 0.3 is 0 Å². The summed E-state index contributed by atoms with van der Waals surface area (Å²) in [6.45, 7) is 13.3. The lowest BCUT2D eigenvalue weighted by atomic mass is 10.2. The summed E-state index contributed by atoms with van der Waals surface area (Å²) in [6, 6.07) is 0.360. The minimum absolute atomic E-state index is 0.360. The number of ether oxygens (including phenoxy) is 1. The van der Waals surface area contributed by atoms with Crippen LogP contribution >= 0.6 is 0 Å². The number of unbranched alkanes of at least 4 members (excludes halogenated alkanes) is 3. The van der Waals surface area contributed by atoms with Crippen molar-refractivity contribution in [3.63, 3.8) is 0 Å². The zero-order valence-electron chi connectivity index (χ0n) is 17.2. The zero-order valence-corrected chi connectivity index (χ0v) is 17.2. The Morgan fingerprint density at radius 1 is 1.29 bits per heavy atom. The van der Waals surface area contributed by atoms with Crippen LogP contribution in [0, 0.1) is 6.92 Å². The molecule has 0 bridgehead atoms. The first kappa shape index (κ1) is 22.0. The van der Waals surface area contributed by atoms with Crippen molar-refractivity contribution in [3.05, 3.63) is 37.3 Å². The van der Waals surface area contributed by atoms with Gasteiger partial charge in [0.1, 0.15) is 17.8 Å². The Hall–Kier alpha value is -2.32. The summed E-state index contributed by atoms with van der Waals surface area (Å²) in [6.07, 6.45) is 9.75. The first-order valence-corrected chi connectivity index (χ1v) is 10.0. The van der Waals surface area contributed by atoms with Crippen molar-refractivity contribution in [1.82, 2.24) is 24.7 Å². The van der Waals surface area contributed by atoms with Crippen molar-refractivity contribution in [2.45, 2.75) is 58.5 Å². The molecule has 4 rings (SSSR count). The van der Waals surface area contributed by atoms with Crippen LogP contribution in [0.1, 0.15) is 50.7 Å². The molecule has 0 radical (unpaired) electrons. The number of anilines is 1. The average molecular weight is 388 g/mol. The molecule has 0 amide bonds. The third-order valence-electron chi connectivity index (χ3n) is 4.74. The van der Waals surface area contributed by atoms with Crippen LogP contribution in [0.2, 0.25) is 0 Å². The van der Waals surface area contributed by atoms with E-state index in [1.807, 2.05) is 17.7 Å². The first-order valence-electron chi connectivity index (χ1n) is 10.0. The van der Waals surface area contributed by atoms with E-state index in [0.29, 0.717) is 6.04 Å². The summed E-state index contributed by atoms with van der Waals surface area (Å²) in [4.78, 5) is 11.2. The lowest BCUT2D eigenvalue weighted by Crippen LogP contribution is -2.40. The van der Waals surface area contributed by atoms with Gasteiger partial charge in [-0.3, -0.25) is 4.57 Å². The maximum atomic E-state index is 5.50. The molecule has 8 heteroatoms. The van der Waals surface area contributed by atoms with Gasteiger partial charge in [0, 0.05) is 6.61 Å². The Bertz CT molecular complexity index is 708. The van der Waals surface area contributed by atoms with E-state index < -0.39 is 0 Å². The standard InChI is InChI=1S/C12H14N6O.C6H15N.C2H4/c1-8-13-4-10-12(15-8)17(9-2-3-19-6-9)5-11-16-14-7-18(10)11;1-2-3-4-5-6-7;1-2/h4,7,9H,2-3,5-6H2,1H3;2-7H2,1H3;1-2H2. The van der Waals surface area contributed by atoms with Crippen LogP contribution in [0.3, 0.4) is 0 Å². The van der Waals surface area contributed by atoms with Gasteiger partial charge in [-0.1, -0.05) is 26.2 Å². The van der Waals surface area contributed by atoms with Crippen LogP contribution in [-0.2, 0) is 11.3 Å². The van der Waals surface area contributed by atoms with Gasteiger partial charge in [-0.15, -0.1) is 23.4 Å². The molecule has 0 aromatic carbocycles. The minimum atomic E-state index is 0.360. The van der Waals surface area contributed by atoms with Crippen molar-refractivity contribution in [1.29, 1.82) is 0 Å². The van der Waals surface area contributed by atoms with E-state index >= 15 is 0 Å². The average Bonchev–Trinajstić information content (AvgIpc) is 3.41. The number of hydrogen-bond donors (Lipinski definition) is 1. The summed E-state index contributed by atoms with van der Waals surface area (Å²) >= 11 is 0. The van der Waals surface area contributed by atoms with Gasteiger partial charge in [-0.2, -0.15) is 0 Å². The second-order valence-corrected chi connectivity index (χ2v) is 6.74. The van der Waals surface area contributed by atoms with E-state index in [4.69, 9.17) is 10.5 Å². The van der Waals surface area contributed by atoms with Gasteiger partial charge in [0.25, 0.3) is 0 Å². The van der Waals surface area contributed by atoms with E-state index in [0.717, 1.165) is 55.9 Å². The van der Waals surface area contributed by atoms with Crippen LogP contribution < -0.4 is 10.6 Å². The molecule has 28 heavy (non-hydrogen) atoms. The molecule has 0 spiro atoms. The number of aromatic nitrogens is 5. The minimum Gasteiger partial charge on any atom is -0.379 e. The van der Waals surface area contributed by atoms with Crippen LogP contribution in [-0.4, -0.2) is 50.5 Å². The Labute approximate surface area is 167 Å². The molecule has 2 aromatic rings. The fourth-order valence-electron chi connectivity index (χ4n) is 3.27. The highest BCUT2D eigenvalue weighted by Crippen LogP contribution is 2.32. The van der Waals surface area contributed by atoms with Gasteiger partial charge in [0.2, 0.25) is 0 Å². The van der Waals surface area contributed by atoms with E-state index in [9.17, 15) is 0 Å². The fraction of sp³-hybridized carbons (Fsp3) is 0.600. The molecule has 1 atom stereocenters. The number of nitrogens with two attached hydrogens (primary N) is 1. The largest absolute Gasteiger partial charge is 0.379 e. The van der Waals surface area contributed by atoms with Crippen LogP contribution in [0.25, 0.3) is 5.69 Å². The van der Waals surface area contributed by atoms with Gasteiger partial charge in [0.15, 0.2) is 11.6 Å². The zero-order chi connectivity index (χ0) is 20.4. The quantitative estimate of drug-likeness (QED) is 0.622. The Morgan fingerprint density at radius 2 is 2.11 bits per heavy atom. The maximum Gasteiger partial charge on any atom is 0.157 e. The summed E-state index contributed by atoms with van der Waals surface area (Å²) in [7, 11) is 0. The van der Waals surface area contributed by atoms with E-state index in [1.54, 1.807) is 6.33 Å². The van der Waals surface area contributed by atoms with E-state index in [2.05, 4.69) is 45.1 Å². The predicted molar refractivity (Wildman–Crippen MR) is 112 cm³/mol. The summed E-state index contributed by atoms with van der Waals surface area (Å²) in [5, 5.41) is 8.16. The van der Waals surface area contributed by atoms with Crippen LogP contribution in [0.5, 0.6) is 0 Å². The van der Waals surface area contributed by atoms with Crippen molar-refractivity contribution in [2.24, 2.45) is 5.73 Å². The maximum absolute atomic E-state index is 5.50. The highest BCUT2D eigenvalue weighted by atomic mass is 16.5. The van der Waals surface area contributed by atoms with Gasteiger partial charge < -0.3 is 15.4 Å². The van der Waals surface area contributed by atoms with Crippen LogP contribution in [0.4, 0.5) is 5.82 Å². The number of hydrogen-bond acceptors (Lipinski definition) is 7. The van der Waals surface area contributed by atoms with E-state index in [1.165, 1.54) is 25.7 Å². The van der Waals surface area contributed by atoms with Crippen LogP contribution in [0.15, 0.2) is 25.7 Å². The van der Waals surface area contributed by atoms with Gasteiger partial charge in [0.05, 0.1) is 25.4 Å². The molecular weight excluding hydrogens is 354 g/mol. The molecule has 2 aliphatic heterocycles. The molecule has 1 saturated heterocycles. The Kier molecular flexibility index (Phi) is 9.03. The summed E-state index contributed by atoms with van der Waals surface area (Å²) in [5.41, 5.74) is 6.22. The van der Waals surface area contributed by atoms with Gasteiger partial charge in [-0.05, 0) is 26.3 Å². The van der Waals surface area contributed by atoms with Crippen molar-refractivity contribution in [2.75, 3.05) is 24.7 Å². The number of nitrogens with zero attached hydrogens (tertiary/aromatic N) is 6. The topological polar surface area (TPSA) is 95.0 Å². The number of fused-ring (bicyclic) bond motifs is 3. The molecule has 0 saturated carbocycles. The molecule has 2 N–H and O–H groups in total. The highest BCUT2D eigenvalue weighted by molar-refractivity contribution is 5.60. The number of aryl methyl sites for hydroxylation is 1. The second-order valence-electron chi connectivity index (χ2n) is 6.74. The summed E-state index contributed by atoms with van der Waals surface area (Å²) in [5.74, 6) is 2.65. The predicted octanol–water partition coefficient (Wildman–Crippen LogP) is 2.80. The van der Waals surface area contributed by atoms with Crippen molar-refractivity contribution >= 4 is 5.82 Å². The fourth-order valence-corrected chi connectivity index (χ4v) is 3.27. The molecular formula is C20H33N7O. The Balaban J connectivity index is 0.000000268. The lowest BCUT2D eigenvalue weighted by molar-refractivity contribution is 0.192. The van der Waals surface area contributed by atoms with Gasteiger partial charge in [-0.25, -0.2) is 9.97 Å². The normalized spacial score (nSPS) is 17.0. The first-order chi connectivity index (χ1) is 13.7. The van der Waals surface area contributed by atoms with E-state index in [-0.39, 0.29) is 0 Å². The summed E-state index contributed by atoms with van der Waals surface area (Å²) < 4.78 is 7.46.